The SMILES string of the molecule is Cc1cc(F)c(N)cc1S(=O)(=O)NC(C)CC1CC1. The van der Waals surface area contributed by atoms with Crippen LogP contribution >= 0.6 is 0 Å². The highest BCUT2D eigenvalue weighted by Gasteiger charge is 2.27. The lowest BCUT2D eigenvalue weighted by molar-refractivity contribution is 0.529. The van der Waals surface area contributed by atoms with E-state index in [-0.39, 0.29) is 16.6 Å². The Morgan fingerprint density at radius 2 is 2.11 bits per heavy atom. The second-order valence-electron chi connectivity index (χ2n) is 5.34. The molecule has 0 saturated heterocycles. The Labute approximate surface area is 113 Å². The van der Waals surface area contributed by atoms with E-state index in [0.717, 1.165) is 12.5 Å². The third-order valence-electron chi connectivity index (χ3n) is 3.32. The van der Waals surface area contributed by atoms with Gasteiger partial charge in [0.05, 0.1) is 10.6 Å². The zero-order valence-electron chi connectivity index (χ0n) is 11.1. The van der Waals surface area contributed by atoms with E-state index >= 15 is 0 Å². The fourth-order valence-corrected chi connectivity index (χ4v) is 3.71. The normalized spacial score (nSPS) is 17.4. The molecule has 1 saturated carbocycles. The predicted octanol–water partition coefficient (Wildman–Crippen LogP) is 2.18. The van der Waals surface area contributed by atoms with Crippen molar-refractivity contribution in [3.05, 3.63) is 23.5 Å². The van der Waals surface area contributed by atoms with Gasteiger partial charge in [0.1, 0.15) is 5.82 Å². The minimum atomic E-state index is -3.64. The van der Waals surface area contributed by atoms with Crippen molar-refractivity contribution in [2.45, 2.75) is 44.0 Å². The summed E-state index contributed by atoms with van der Waals surface area (Å²) in [7, 11) is -3.64. The maximum Gasteiger partial charge on any atom is 0.241 e. The van der Waals surface area contributed by atoms with Gasteiger partial charge in [-0.25, -0.2) is 17.5 Å². The number of benzene rings is 1. The third-order valence-corrected chi connectivity index (χ3v) is 5.06. The van der Waals surface area contributed by atoms with Crippen molar-refractivity contribution in [2.75, 3.05) is 5.73 Å². The Morgan fingerprint density at radius 1 is 1.47 bits per heavy atom. The molecule has 1 unspecified atom stereocenters. The van der Waals surface area contributed by atoms with Crippen LogP contribution in [0.25, 0.3) is 0 Å². The molecule has 0 aromatic heterocycles. The van der Waals surface area contributed by atoms with Crippen molar-refractivity contribution < 1.29 is 12.8 Å². The van der Waals surface area contributed by atoms with Crippen LogP contribution in [0.3, 0.4) is 0 Å². The smallest absolute Gasteiger partial charge is 0.241 e. The van der Waals surface area contributed by atoms with Crippen LogP contribution in [0, 0.1) is 18.7 Å². The van der Waals surface area contributed by atoms with Crippen LogP contribution in [0.2, 0.25) is 0 Å². The van der Waals surface area contributed by atoms with Crippen molar-refractivity contribution in [3.8, 4) is 0 Å². The molecule has 0 heterocycles. The summed E-state index contributed by atoms with van der Waals surface area (Å²) in [6.07, 6.45) is 3.19. The second kappa shape index (κ2) is 5.09. The number of nitrogens with two attached hydrogens (primary N) is 1. The number of nitrogen functional groups attached to an aromatic ring is 1. The minimum Gasteiger partial charge on any atom is -0.396 e. The predicted molar refractivity (Wildman–Crippen MR) is 72.7 cm³/mol. The van der Waals surface area contributed by atoms with Gasteiger partial charge in [0.25, 0.3) is 0 Å². The average Bonchev–Trinajstić information content (AvgIpc) is 3.05. The van der Waals surface area contributed by atoms with Crippen LogP contribution in [-0.4, -0.2) is 14.5 Å². The van der Waals surface area contributed by atoms with Crippen molar-refractivity contribution in [2.24, 2.45) is 5.92 Å². The van der Waals surface area contributed by atoms with Crippen LogP contribution < -0.4 is 10.5 Å². The van der Waals surface area contributed by atoms with Gasteiger partial charge in [-0.1, -0.05) is 12.8 Å². The summed E-state index contributed by atoms with van der Waals surface area (Å²) in [4.78, 5) is 0.0500. The first-order chi connectivity index (χ1) is 8.79. The van der Waals surface area contributed by atoms with Gasteiger partial charge in [0, 0.05) is 6.04 Å². The molecule has 0 bridgehead atoms. The number of sulfonamides is 1. The van der Waals surface area contributed by atoms with E-state index < -0.39 is 15.8 Å². The first-order valence-electron chi connectivity index (χ1n) is 6.37. The maximum absolute atomic E-state index is 13.3. The van der Waals surface area contributed by atoms with Gasteiger partial charge in [0.2, 0.25) is 10.0 Å². The topological polar surface area (TPSA) is 72.2 Å². The monoisotopic (exact) mass is 286 g/mol. The van der Waals surface area contributed by atoms with E-state index in [1.807, 2.05) is 6.92 Å². The van der Waals surface area contributed by atoms with Crippen molar-refractivity contribution in [3.63, 3.8) is 0 Å². The summed E-state index contributed by atoms with van der Waals surface area (Å²) in [5, 5.41) is 0. The van der Waals surface area contributed by atoms with E-state index in [9.17, 15) is 12.8 Å². The van der Waals surface area contributed by atoms with Gasteiger partial charge in [-0.3, -0.25) is 0 Å². The Hall–Kier alpha value is -1.14. The quantitative estimate of drug-likeness (QED) is 0.815. The fraction of sp³-hybridized carbons (Fsp3) is 0.538. The van der Waals surface area contributed by atoms with Crippen molar-refractivity contribution in [1.82, 2.24) is 4.72 Å². The molecule has 0 spiro atoms. The molecule has 1 aliphatic rings. The lowest BCUT2D eigenvalue weighted by Gasteiger charge is -2.15. The Bertz CT molecular complexity index is 583. The lowest BCUT2D eigenvalue weighted by atomic mass is 10.2. The van der Waals surface area contributed by atoms with Gasteiger partial charge in [-0.2, -0.15) is 0 Å². The van der Waals surface area contributed by atoms with Gasteiger partial charge in [-0.05, 0) is 43.9 Å². The summed E-state index contributed by atoms with van der Waals surface area (Å²) in [5.41, 5.74) is 5.65. The Morgan fingerprint density at radius 3 is 2.68 bits per heavy atom. The van der Waals surface area contributed by atoms with Crippen LogP contribution in [0.5, 0.6) is 0 Å². The molecular formula is C13H19FN2O2S. The zero-order chi connectivity index (χ0) is 14.2. The van der Waals surface area contributed by atoms with Crippen molar-refractivity contribution >= 4 is 15.7 Å². The Balaban J connectivity index is 2.20. The van der Waals surface area contributed by atoms with E-state index in [1.165, 1.54) is 18.9 Å². The largest absolute Gasteiger partial charge is 0.396 e. The molecule has 2 rings (SSSR count). The highest BCUT2D eigenvalue weighted by Crippen LogP contribution is 2.33. The molecule has 0 aliphatic heterocycles. The molecule has 0 amide bonds. The maximum atomic E-state index is 13.3. The van der Waals surface area contributed by atoms with Crippen LogP contribution in [0.4, 0.5) is 10.1 Å². The second-order valence-corrected chi connectivity index (χ2v) is 7.02. The summed E-state index contributed by atoms with van der Waals surface area (Å²) >= 11 is 0. The molecule has 1 atom stereocenters. The van der Waals surface area contributed by atoms with Gasteiger partial charge in [0.15, 0.2) is 0 Å². The molecule has 3 N–H and O–H groups in total. The number of halogens is 1. The highest BCUT2D eigenvalue weighted by molar-refractivity contribution is 7.89. The number of aryl methyl sites for hydroxylation is 1. The lowest BCUT2D eigenvalue weighted by Crippen LogP contribution is -2.33. The van der Waals surface area contributed by atoms with E-state index in [1.54, 1.807) is 6.92 Å². The van der Waals surface area contributed by atoms with Crippen LogP contribution in [0.1, 0.15) is 31.7 Å². The molecule has 0 radical (unpaired) electrons. The first kappa shape index (κ1) is 14.3. The number of rotatable bonds is 5. The van der Waals surface area contributed by atoms with Crippen molar-refractivity contribution in [1.29, 1.82) is 0 Å². The van der Waals surface area contributed by atoms with E-state index in [4.69, 9.17) is 5.73 Å². The van der Waals surface area contributed by atoms with E-state index in [2.05, 4.69) is 4.72 Å². The van der Waals surface area contributed by atoms with Crippen LogP contribution in [0.15, 0.2) is 17.0 Å². The molecule has 1 aliphatic carbocycles. The number of hydrogen-bond donors (Lipinski definition) is 2. The minimum absolute atomic E-state index is 0.0500. The van der Waals surface area contributed by atoms with Gasteiger partial charge < -0.3 is 5.73 Å². The summed E-state index contributed by atoms with van der Waals surface area (Å²) in [6, 6.07) is 2.20. The molecule has 4 nitrogen and oxygen atoms in total. The van der Waals surface area contributed by atoms with Gasteiger partial charge in [-0.15, -0.1) is 0 Å². The molecule has 6 heteroatoms. The first-order valence-corrected chi connectivity index (χ1v) is 7.86. The fourth-order valence-electron chi connectivity index (χ4n) is 2.19. The highest BCUT2D eigenvalue weighted by atomic mass is 32.2. The standard InChI is InChI=1S/C13H19FN2O2S/c1-8-5-11(14)12(15)7-13(8)19(17,18)16-9(2)6-10-3-4-10/h5,7,9-10,16H,3-4,6,15H2,1-2H3. The molecular weight excluding hydrogens is 267 g/mol. The average molecular weight is 286 g/mol. The molecule has 1 aromatic carbocycles. The zero-order valence-corrected chi connectivity index (χ0v) is 11.9. The summed E-state index contributed by atoms with van der Waals surface area (Å²) in [6.45, 7) is 3.40. The Kier molecular flexibility index (Phi) is 3.82. The number of hydrogen-bond acceptors (Lipinski definition) is 3. The molecule has 106 valence electrons. The van der Waals surface area contributed by atoms with Crippen LogP contribution in [-0.2, 0) is 10.0 Å². The third kappa shape index (κ3) is 3.45. The molecule has 1 fully saturated rings. The van der Waals surface area contributed by atoms with Gasteiger partial charge >= 0.3 is 0 Å². The molecule has 1 aromatic rings. The number of nitrogens with one attached hydrogen (secondary N) is 1. The van der Waals surface area contributed by atoms with E-state index in [0.29, 0.717) is 11.5 Å². The number of anilines is 1. The molecule has 19 heavy (non-hydrogen) atoms. The summed E-state index contributed by atoms with van der Waals surface area (Å²) < 4.78 is 40.4. The summed E-state index contributed by atoms with van der Waals surface area (Å²) in [5.74, 6) is 0.0413.